The largest absolute Gasteiger partial charge is 0.573 e. The molecule has 0 atom stereocenters. The van der Waals surface area contributed by atoms with E-state index in [0.717, 1.165) is 37.1 Å². The fourth-order valence-electron chi connectivity index (χ4n) is 2.86. The van der Waals surface area contributed by atoms with Gasteiger partial charge in [0.1, 0.15) is 11.4 Å². The number of esters is 1. The molecule has 0 radical (unpaired) electrons. The van der Waals surface area contributed by atoms with Gasteiger partial charge in [-0.2, -0.15) is 0 Å². The second-order valence-electron chi connectivity index (χ2n) is 6.37. The van der Waals surface area contributed by atoms with Crippen LogP contribution in [0.4, 0.5) is 13.2 Å². The number of Topliss-reactive ketones (excluding diaryl/α,β-unsaturated/α-hetero) is 1. The Kier molecular flexibility index (Phi) is 5.90. The molecule has 7 nitrogen and oxygen atoms in total. The number of likely N-dealkylation sites (tertiary alicyclic amines) is 1. The number of rotatable bonds is 6. The SMILES string of the molecule is O=C(COC(=O)c1ccc(OC(F)(F)F)cc1)c1c[nH]c(C(=O)N2CCCC2)c1. The second kappa shape index (κ2) is 8.38. The molecule has 0 bridgehead atoms. The zero-order valence-corrected chi connectivity index (χ0v) is 15.1. The molecule has 1 fully saturated rings. The Morgan fingerprint density at radius 2 is 1.69 bits per heavy atom. The number of ether oxygens (including phenoxy) is 2. The van der Waals surface area contributed by atoms with Crippen LogP contribution in [-0.2, 0) is 4.74 Å². The van der Waals surface area contributed by atoms with Gasteiger partial charge in [-0.15, -0.1) is 13.2 Å². The van der Waals surface area contributed by atoms with Crippen molar-refractivity contribution in [3.63, 3.8) is 0 Å². The molecule has 1 N–H and O–H groups in total. The van der Waals surface area contributed by atoms with Crippen LogP contribution in [0.5, 0.6) is 5.75 Å². The quantitative estimate of drug-likeness (QED) is 0.584. The molecule has 2 heterocycles. The Morgan fingerprint density at radius 3 is 2.31 bits per heavy atom. The van der Waals surface area contributed by atoms with E-state index in [4.69, 9.17) is 4.74 Å². The van der Waals surface area contributed by atoms with E-state index in [1.54, 1.807) is 4.90 Å². The van der Waals surface area contributed by atoms with Gasteiger partial charge >= 0.3 is 12.3 Å². The lowest BCUT2D eigenvalue weighted by Gasteiger charge is -2.13. The fourth-order valence-corrected chi connectivity index (χ4v) is 2.86. The highest BCUT2D eigenvalue weighted by molar-refractivity contribution is 6.02. The average Bonchev–Trinajstić information content (AvgIpc) is 3.36. The highest BCUT2D eigenvalue weighted by Crippen LogP contribution is 2.23. The summed E-state index contributed by atoms with van der Waals surface area (Å²) in [7, 11) is 0. The number of aromatic amines is 1. The maximum atomic E-state index is 12.3. The van der Waals surface area contributed by atoms with Crippen LogP contribution >= 0.6 is 0 Å². The van der Waals surface area contributed by atoms with E-state index < -0.39 is 30.5 Å². The number of H-pyrrole nitrogens is 1. The number of nitrogens with one attached hydrogen (secondary N) is 1. The molecule has 1 amide bonds. The molecular weight excluding hydrogens is 393 g/mol. The molecule has 1 aromatic carbocycles. The number of amides is 1. The molecule has 154 valence electrons. The Bertz CT molecular complexity index is 899. The van der Waals surface area contributed by atoms with Crippen molar-refractivity contribution < 1.29 is 37.0 Å². The molecule has 2 aromatic rings. The summed E-state index contributed by atoms with van der Waals surface area (Å²) in [6.45, 7) is 0.770. The number of halogens is 3. The molecule has 1 aliphatic rings. The number of alkyl halides is 3. The number of carbonyl (C=O) groups is 3. The van der Waals surface area contributed by atoms with Gasteiger partial charge in [-0.1, -0.05) is 0 Å². The van der Waals surface area contributed by atoms with Crippen molar-refractivity contribution in [3.05, 3.63) is 53.3 Å². The van der Waals surface area contributed by atoms with E-state index in [2.05, 4.69) is 9.72 Å². The average molecular weight is 410 g/mol. The summed E-state index contributed by atoms with van der Waals surface area (Å²) in [6, 6.07) is 5.52. The fraction of sp³-hybridized carbons (Fsp3) is 0.316. The van der Waals surface area contributed by atoms with Crippen LogP contribution in [0, 0.1) is 0 Å². The highest BCUT2D eigenvalue weighted by atomic mass is 19.4. The van der Waals surface area contributed by atoms with E-state index in [0.29, 0.717) is 13.1 Å². The van der Waals surface area contributed by atoms with Crippen molar-refractivity contribution in [2.45, 2.75) is 19.2 Å². The van der Waals surface area contributed by atoms with E-state index in [9.17, 15) is 27.6 Å². The van der Waals surface area contributed by atoms with Crippen LogP contribution in [-0.4, -0.2) is 53.6 Å². The lowest BCUT2D eigenvalue weighted by atomic mass is 10.2. The van der Waals surface area contributed by atoms with Crippen molar-refractivity contribution in [2.24, 2.45) is 0 Å². The standard InChI is InChI=1S/C19H17F3N2O5/c20-19(21,22)29-14-5-3-12(4-6-14)18(27)28-11-16(25)13-9-15(23-10-13)17(26)24-7-1-2-8-24/h3-6,9-10,23H,1-2,7-8,11H2. The molecule has 29 heavy (non-hydrogen) atoms. The Hall–Kier alpha value is -3.30. The molecule has 3 rings (SSSR count). The minimum atomic E-state index is -4.83. The lowest BCUT2D eigenvalue weighted by molar-refractivity contribution is -0.274. The first-order chi connectivity index (χ1) is 13.7. The van der Waals surface area contributed by atoms with Gasteiger partial charge in [0.15, 0.2) is 6.61 Å². The molecule has 0 spiro atoms. The summed E-state index contributed by atoms with van der Waals surface area (Å²) in [6.07, 6.45) is -1.59. The summed E-state index contributed by atoms with van der Waals surface area (Å²) in [5, 5.41) is 0. The number of aromatic nitrogens is 1. The third-order valence-electron chi connectivity index (χ3n) is 4.29. The van der Waals surface area contributed by atoms with Crippen molar-refractivity contribution in [2.75, 3.05) is 19.7 Å². The summed E-state index contributed by atoms with van der Waals surface area (Å²) >= 11 is 0. The van der Waals surface area contributed by atoms with E-state index in [-0.39, 0.29) is 22.7 Å². The van der Waals surface area contributed by atoms with E-state index in [1.807, 2.05) is 0 Å². The molecule has 0 unspecified atom stereocenters. The number of carbonyl (C=O) groups excluding carboxylic acids is 3. The van der Waals surface area contributed by atoms with Gasteiger partial charge in [-0.25, -0.2) is 4.79 Å². The third-order valence-corrected chi connectivity index (χ3v) is 4.29. The minimum absolute atomic E-state index is 0.0358. The van der Waals surface area contributed by atoms with Crippen LogP contribution < -0.4 is 4.74 Å². The van der Waals surface area contributed by atoms with Crippen LogP contribution in [0.25, 0.3) is 0 Å². The number of nitrogens with zero attached hydrogens (tertiary/aromatic N) is 1. The van der Waals surface area contributed by atoms with Crippen LogP contribution in [0.2, 0.25) is 0 Å². The summed E-state index contributed by atoms with van der Waals surface area (Å²) < 4.78 is 45.0. The minimum Gasteiger partial charge on any atom is -0.454 e. The van der Waals surface area contributed by atoms with Gasteiger partial charge in [0.2, 0.25) is 5.78 Å². The summed E-state index contributed by atoms with van der Waals surface area (Å²) in [5.41, 5.74) is 0.433. The molecule has 0 aliphatic carbocycles. The Labute approximate surface area is 163 Å². The Balaban J connectivity index is 1.53. The lowest BCUT2D eigenvalue weighted by Crippen LogP contribution is -2.27. The molecule has 1 saturated heterocycles. The van der Waals surface area contributed by atoms with Gasteiger partial charge in [-0.3, -0.25) is 9.59 Å². The van der Waals surface area contributed by atoms with Crippen molar-refractivity contribution >= 4 is 17.7 Å². The highest BCUT2D eigenvalue weighted by Gasteiger charge is 2.31. The number of hydrogen-bond acceptors (Lipinski definition) is 5. The van der Waals surface area contributed by atoms with Crippen LogP contribution in [0.3, 0.4) is 0 Å². The maximum Gasteiger partial charge on any atom is 0.573 e. The summed E-state index contributed by atoms with van der Waals surface area (Å²) in [4.78, 5) is 40.8. The van der Waals surface area contributed by atoms with Gasteiger partial charge in [0.05, 0.1) is 5.56 Å². The number of benzene rings is 1. The molecular formula is C19H17F3N2O5. The molecule has 10 heteroatoms. The van der Waals surface area contributed by atoms with Crippen molar-refractivity contribution in [1.82, 2.24) is 9.88 Å². The van der Waals surface area contributed by atoms with Gasteiger partial charge in [0.25, 0.3) is 5.91 Å². The normalized spacial score (nSPS) is 14.0. The zero-order valence-electron chi connectivity index (χ0n) is 15.1. The predicted octanol–water partition coefficient (Wildman–Crippen LogP) is 3.19. The first kappa shape index (κ1) is 20.4. The topological polar surface area (TPSA) is 88.7 Å². The van der Waals surface area contributed by atoms with Gasteiger partial charge < -0.3 is 19.4 Å². The number of ketones is 1. The molecule has 1 aromatic heterocycles. The first-order valence-electron chi connectivity index (χ1n) is 8.77. The molecule has 0 saturated carbocycles. The van der Waals surface area contributed by atoms with Crippen LogP contribution in [0.1, 0.15) is 44.0 Å². The predicted molar refractivity (Wildman–Crippen MR) is 93.7 cm³/mol. The summed E-state index contributed by atoms with van der Waals surface area (Å²) in [5.74, 6) is -2.07. The van der Waals surface area contributed by atoms with E-state index >= 15 is 0 Å². The van der Waals surface area contributed by atoms with Gasteiger partial charge in [-0.05, 0) is 43.2 Å². The Morgan fingerprint density at radius 1 is 1.03 bits per heavy atom. The molecule has 1 aliphatic heterocycles. The second-order valence-corrected chi connectivity index (χ2v) is 6.37. The van der Waals surface area contributed by atoms with Crippen molar-refractivity contribution in [3.8, 4) is 5.75 Å². The zero-order chi connectivity index (χ0) is 21.0. The van der Waals surface area contributed by atoms with E-state index in [1.165, 1.54) is 12.3 Å². The third kappa shape index (κ3) is 5.37. The van der Waals surface area contributed by atoms with Crippen molar-refractivity contribution in [1.29, 1.82) is 0 Å². The number of hydrogen-bond donors (Lipinski definition) is 1. The van der Waals surface area contributed by atoms with Gasteiger partial charge in [0, 0.05) is 24.8 Å². The van der Waals surface area contributed by atoms with Crippen LogP contribution in [0.15, 0.2) is 36.5 Å². The first-order valence-corrected chi connectivity index (χ1v) is 8.77. The maximum absolute atomic E-state index is 12.3. The smallest absolute Gasteiger partial charge is 0.454 e. The monoisotopic (exact) mass is 410 g/mol.